The minimum atomic E-state index is -0.101. The molecule has 0 fully saturated rings. The Bertz CT molecular complexity index is 398. The fourth-order valence-corrected chi connectivity index (χ4v) is 2.03. The van der Waals surface area contributed by atoms with Gasteiger partial charge in [-0.2, -0.15) is 0 Å². The molecule has 0 saturated heterocycles. The average Bonchev–Trinajstić information content (AvgIpc) is 2.49. The average molecular weight is 274 g/mol. The van der Waals surface area contributed by atoms with Crippen LogP contribution in [0.2, 0.25) is 0 Å². The van der Waals surface area contributed by atoms with Gasteiger partial charge in [0.2, 0.25) is 0 Å². The third-order valence-corrected chi connectivity index (χ3v) is 3.18. The largest absolute Gasteiger partial charge is 0.494 e. The molecule has 2 heteroatoms. The van der Waals surface area contributed by atoms with Gasteiger partial charge in [0.25, 0.3) is 0 Å². The van der Waals surface area contributed by atoms with Gasteiger partial charge in [-0.25, -0.2) is 0 Å². The zero-order valence-corrected chi connectivity index (χ0v) is 12.5. The molecule has 0 bridgehead atoms. The Morgan fingerprint density at radius 2 is 1.60 bits per heavy atom. The minimum Gasteiger partial charge on any atom is -0.494 e. The van der Waals surface area contributed by atoms with E-state index in [1.54, 1.807) is 0 Å². The van der Waals surface area contributed by atoms with Crippen molar-refractivity contribution in [2.24, 2.45) is 0 Å². The van der Waals surface area contributed by atoms with Crippen LogP contribution >= 0.6 is 0 Å². The monoisotopic (exact) mass is 274 g/mol. The summed E-state index contributed by atoms with van der Waals surface area (Å²) in [5.41, 5.74) is 0.905. The first-order valence-corrected chi connectivity index (χ1v) is 7.69. The van der Waals surface area contributed by atoms with Crippen LogP contribution in [-0.4, -0.2) is 18.3 Å². The van der Waals surface area contributed by atoms with Crippen LogP contribution < -0.4 is 4.74 Å². The molecule has 0 aromatic heterocycles. The first-order valence-electron chi connectivity index (χ1n) is 7.69. The number of hydrogen-bond donors (Lipinski definition) is 1. The first-order chi connectivity index (χ1) is 9.86. The molecule has 0 unspecified atom stereocenters. The highest BCUT2D eigenvalue weighted by molar-refractivity contribution is 5.38. The Hall–Kier alpha value is -1.46. The molecule has 0 aliphatic heterocycles. The standard InChI is InChI=1S/C18H26O2/c1-2-3-4-5-6-7-8-16-20-18-13-11-17(12-14-18)10-9-15-19/h11-14,19H,2-8,15-16H2,1H3. The maximum atomic E-state index is 8.62. The van der Waals surface area contributed by atoms with Crippen molar-refractivity contribution in [3.8, 4) is 17.6 Å². The lowest BCUT2D eigenvalue weighted by Crippen LogP contribution is -1.97. The molecule has 0 saturated carbocycles. The van der Waals surface area contributed by atoms with Gasteiger partial charge in [0, 0.05) is 5.56 Å². The summed E-state index contributed by atoms with van der Waals surface area (Å²) < 4.78 is 5.70. The summed E-state index contributed by atoms with van der Waals surface area (Å²) in [7, 11) is 0. The van der Waals surface area contributed by atoms with E-state index in [1.165, 1.54) is 38.5 Å². The summed E-state index contributed by atoms with van der Waals surface area (Å²) in [6.45, 7) is 2.93. The van der Waals surface area contributed by atoms with Crippen molar-refractivity contribution in [1.82, 2.24) is 0 Å². The van der Waals surface area contributed by atoms with Crippen molar-refractivity contribution < 1.29 is 9.84 Å². The van der Waals surface area contributed by atoms with Gasteiger partial charge in [0.05, 0.1) is 6.61 Å². The van der Waals surface area contributed by atoms with Crippen LogP contribution in [0, 0.1) is 11.8 Å². The molecule has 1 aromatic carbocycles. The SMILES string of the molecule is CCCCCCCCCOc1ccc(C#CCO)cc1. The minimum absolute atomic E-state index is 0.101. The summed E-state index contributed by atoms with van der Waals surface area (Å²) in [5.74, 6) is 6.39. The Morgan fingerprint density at radius 1 is 0.950 bits per heavy atom. The van der Waals surface area contributed by atoms with Crippen LogP contribution in [-0.2, 0) is 0 Å². The maximum Gasteiger partial charge on any atom is 0.119 e. The molecule has 0 spiro atoms. The zero-order chi connectivity index (χ0) is 14.5. The van der Waals surface area contributed by atoms with Crippen LogP contribution in [0.15, 0.2) is 24.3 Å². The number of benzene rings is 1. The maximum absolute atomic E-state index is 8.62. The second kappa shape index (κ2) is 11.4. The summed E-state index contributed by atoms with van der Waals surface area (Å²) in [5, 5.41) is 8.62. The second-order valence-electron chi connectivity index (χ2n) is 4.95. The number of rotatable bonds is 9. The summed E-state index contributed by atoms with van der Waals surface area (Å²) in [6.07, 6.45) is 9.09. The quantitative estimate of drug-likeness (QED) is 0.541. The van der Waals surface area contributed by atoms with E-state index in [1.807, 2.05) is 24.3 Å². The molecular weight excluding hydrogens is 248 g/mol. The fourth-order valence-electron chi connectivity index (χ4n) is 2.03. The van der Waals surface area contributed by atoms with Crippen LogP contribution in [0.1, 0.15) is 57.4 Å². The number of unbranched alkanes of at least 4 members (excludes halogenated alkanes) is 6. The second-order valence-corrected chi connectivity index (χ2v) is 4.95. The Kier molecular flexibility index (Phi) is 9.44. The van der Waals surface area contributed by atoms with E-state index in [2.05, 4.69) is 18.8 Å². The molecule has 0 aliphatic rings. The summed E-state index contributed by atoms with van der Waals surface area (Å²) in [6, 6.07) is 7.71. The van der Waals surface area contributed by atoms with Gasteiger partial charge in [-0.3, -0.25) is 0 Å². The van der Waals surface area contributed by atoms with Gasteiger partial charge < -0.3 is 9.84 Å². The number of aliphatic hydroxyl groups is 1. The molecule has 1 N–H and O–H groups in total. The van der Waals surface area contributed by atoms with Crippen LogP contribution in [0.4, 0.5) is 0 Å². The van der Waals surface area contributed by atoms with E-state index < -0.39 is 0 Å². The smallest absolute Gasteiger partial charge is 0.119 e. The van der Waals surface area contributed by atoms with Gasteiger partial charge >= 0.3 is 0 Å². The summed E-state index contributed by atoms with van der Waals surface area (Å²) in [4.78, 5) is 0. The molecule has 0 heterocycles. The molecule has 20 heavy (non-hydrogen) atoms. The van der Waals surface area contributed by atoms with Crippen molar-refractivity contribution in [1.29, 1.82) is 0 Å². The van der Waals surface area contributed by atoms with Gasteiger partial charge in [-0.05, 0) is 30.7 Å². The number of aliphatic hydroxyl groups excluding tert-OH is 1. The van der Waals surface area contributed by atoms with Crippen molar-refractivity contribution in [3.05, 3.63) is 29.8 Å². The Morgan fingerprint density at radius 3 is 2.25 bits per heavy atom. The van der Waals surface area contributed by atoms with E-state index in [-0.39, 0.29) is 6.61 Å². The lowest BCUT2D eigenvalue weighted by atomic mass is 10.1. The van der Waals surface area contributed by atoms with Crippen molar-refractivity contribution in [3.63, 3.8) is 0 Å². The van der Waals surface area contributed by atoms with Crippen LogP contribution in [0.5, 0.6) is 5.75 Å². The molecule has 1 aromatic rings. The lowest BCUT2D eigenvalue weighted by Gasteiger charge is -2.06. The van der Waals surface area contributed by atoms with Gasteiger partial charge in [-0.1, -0.05) is 57.3 Å². The Balaban J connectivity index is 2.10. The number of ether oxygens (including phenoxy) is 1. The van der Waals surface area contributed by atoms with Crippen molar-refractivity contribution >= 4 is 0 Å². The van der Waals surface area contributed by atoms with Gasteiger partial charge in [-0.15, -0.1) is 0 Å². The van der Waals surface area contributed by atoms with E-state index in [4.69, 9.17) is 9.84 Å². The fraction of sp³-hybridized carbons (Fsp3) is 0.556. The highest BCUT2D eigenvalue weighted by atomic mass is 16.5. The normalized spacial score (nSPS) is 9.90. The van der Waals surface area contributed by atoms with Crippen LogP contribution in [0.25, 0.3) is 0 Å². The molecule has 0 atom stereocenters. The van der Waals surface area contributed by atoms with E-state index in [0.717, 1.165) is 24.3 Å². The van der Waals surface area contributed by atoms with Crippen LogP contribution in [0.3, 0.4) is 0 Å². The predicted molar refractivity (Wildman–Crippen MR) is 83.9 cm³/mol. The zero-order valence-electron chi connectivity index (χ0n) is 12.5. The molecule has 0 aliphatic carbocycles. The molecule has 2 nitrogen and oxygen atoms in total. The highest BCUT2D eigenvalue weighted by Gasteiger charge is 1.95. The third-order valence-electron chi connectivity index (χ3n) is 3.18. The molecule has 110 valence electrons. The molecular formula is C18H26O2. The first kappa shape index (κ1) is 16.6. The predicted octanol–water partition coefficient (Wildman–Crippen LogP) is 4.16. The third kappa shape index (κ3) is 7.86. The molecule has 0 radical (unpaired) electrons. The number of hydrogen-bond acceptors (Lipinski definition) is 2. The topological polar surface area (TPSA) is 29.5 Å². The lowest BCUT2D eigenvalue weighted by molar-refractivity contribution is 0.304. The van der Waals surface area contributed by atoms with Crippen molar-refractivity contribution in [2.75, 3.05) is 13.2 Å². The Labute approximate surface area is 123 Å². The van der Waals surface area contributed by atoms with E-state index >= 15 is 0 Å². The van der Waals surface area contributed by atoms with Gasteiger partial charge in [0.1, 0.15) is 12.4 Å². The van der Waals surface area contributed by atoms with E-state index in [9.17, 15) is 0 Å². The molecule has 0 amide bonds. The highest BCUT2D eigenvalue weighted by Crippen LogP contribution is 2.13. The molecule has 1 rings (SSSR count). The van der Waals surface area contributed by atoms with Crippen molar-refractivity contribution in [2.45, 2.75) is 51.9 Å². The summed E-state index contributed by atoms with van der Waals surface area (Å²) >= 11 is 0. The van der Waals surface area contributed by atoms with Gasteiger partial charge in [0.15, 0.2) is 0 Å². The van der Waals surface area contributed by atoms with E-state index in [0.29, 0.717) is 0 Å².